The summed E-state index contributed by atoms with van der Waals surface area (Å²) in [5, 5.41) is 3.53. The quantitative estimate of drug-likeness (QED) is 0.689. The van der Waals surface area contributed by atoms with Gasteiger partial charge in [-0.2, -0.15) is 4.98 Å². The first-order valence-electron chi connectivity index (χ1n) is 12.0. The minimum Gasteiger partial charge on any atom is -0.486 e. The fraction of sp³-hybridized carbons (Fsp3) is 0.600. The normalized spacial score (nSPS) is 25.2. The van der Waals surface area contributed by atoms with Crippen LogP contribution in [0.3, 0.4) is 0 Å². The van der Waals surface area contributed by atoms with Crippen molar-refractivity contribution in [2.24, 2.45) is 5.92 Å². The predicted molar refractivity (Wildman–Crippen MR) is 123 cm³/mol. The third kappa shape index (κ3) is 5.09. The molecule has 0 bridgehead atoms. The van der Waals surface area contributed by atoms with E-state index in [9.17, 15) is 0 Å². The number of aromatic nitrogens is 2. The van der Waals surface area contributed by atoms with Crippen molar-refractivity contribution < 1.29 is 18.9 Å². The van der Waals surface area contributed by atoms with Gasteiger partial charge in [-0.25, -0.2) is 4.98 Å². The lowest BCUT2D eigenvalue weighted by molar-refractivity contribution is -0.0118. The second-order valence-corrected chi connectivity index (χ2v) is 9.17. The fourth-order valence-corrected chi connectivity index (χ4v) is 4.65. The van der Waals surface area contributed by atoms with Gasteiger partial charge in [0.15, 0.2) is 11.5 Å². The van der Waals surface area contributed by atoms with Crippen LogP contribution in [-0.4, -0.2) is 48.5 Å². The zero-order valence-corrected chi connectivity index (χ0v) is 18.8. The summed E-state index contributed by atoms with van der Waals surface area (Å²) in [7, 11) is 0. The van der Waals surface area contributed by atoms with Gasteiger partial charge in [-0.05, 0) is 68.6 Å². The van der Waals surface area contributed by atoms with Gasteiger partial charge in [0.2, 0.25) is 11.8 Å². The van der Waals surface area contributed by atoms with Crippen LogP contribution in [-0.2, 0) is 4.74 Å². The summed E-state index contributed by atoms with van der Waals surface area (Å²) in [6.45, 7) is 4.76. The van der Waals surface area contributed by atoms with Gasteiger partial charge in [-0.1, -0.05) is 13.0 Å². The van der Waals surface area contributed by atoms with E-state index in [1.54, 1.807) is 0 Å². The van der Waals surface area contributed by atoms with Gasteiger partial charge < -0.3 is 24.3 Å². The second-order valence-electron chi connectivity index (χ2n) is 9.17. The van der Waals surface area contributed by atoms with E-state index >= 15 is 0 Å². The van der Waals surface area contributed by atoms with Crippen molar-refractivity contribution in [1.29, 1.82) is 0 Å². The van der Waals surface area contributed by atoms with E-state index in [2.05, 4.69) is 17.2 Å². The van der Waals surface area contributed by atoms with Crippen LogP contribution in [0.1, 0.15) is 51.9 Å². The number of fused-ring (bicyclic) bond motifs is 1. The summed E-state index contributed by atoms with van der Waals surface area (Å²) in [6.07, 6.45) is 10.1. The van der Waals surface area contributed by atoms with Gasteiger partial charge in [0.05, 0.1) is 11.7 Å². The van der Waals surface area contributed by atoms with Gasteiger partial charge in [-0.3, -0.25) is 0 Å². The van der Waals surface area contributed by atoms with Crippen LogP contribution in [0.15, 0.2) is 24.4 Å². The molecule has 7 nitrogen and oxygen atoms in total. The van der Waals surface area contributed by atoms with Crippen molar-refractivity contribution in [2.75, 3.05) is 31.7 Å². The SMILES string of the molecule is CC1CCC(Nc2ncc(-c3ccc4c(c3)OCCO4)c(OCC3CCCCO3)n2)CC1. The molecular formula is C25H33N3O4. The molecular weight excluding hydrogens is 406 g/mol. The molecule has 172 valence electrons. The minimum atomic E-state index is 0.114. The number of benzene rings is 1. The molecule has 5 rings (SSSR count). The van der Waals surface area contributed by atoms with Crippen molar-refractivity contribution in [3.8, 4) is 28.5 Å². The standard InChI is InChI=1S/C25H33N3O4/c1-17-5-8-19(9-6-17)27-25-26-15-21(18-7-10-22-23(14-18)31-13-12-30-22)24(28-25)32-16-20-4-2-3-11-29-20/h7,10,14-15,17,19-20H,2-6,8-9,11-13,16H2,1H3,(H,26,27,28). The molecule has 1 saturated heterocycles. The molecule has 2 aliphatic heterocycles. The maximum absolute atomic E-state index is 6.23. The summed E-state index contributed by atoms with van der Waals surface area (Å²) < 4.78 is 23.5. The number of hydrogen-bond acceptors (Lipinski definition) is 7. The molecule has 32 heavy (non-hydrogen) atoms. The molecule has 1 atom stereocenters. The van der Waals surface area contributed by atoms with E-state index in [-0.39, 0.29) is 6.10 Å². The Morgan fingerprint density at radius 1 is 1.00 bits per heavy atom. The van der Waals surface area contributed by atoms with E-state index < -0.39 is 0 Å². The summed E-state index contributed by atoms with van der Waals surface area (Å²) in [5.74, 6) is 3.53. The molecule has 0 amide bonds. The van der Waals surface area contributed by atoms with Crippen LogP contribution in [0.4, 0.5) is 5.95 Å². The number of ether oxygens (including phenoxy) is 4. The lowest BCUT2D eigenvalue weighted by atomic mass is 9.87. The zero-order chi connectivity index (χ0) is 21.8. The molecule has 3 aliphatic rings. The zero-order valence-electron chi connectivity index (χ0n) is 18.8. The van der Waals surface area contributed by atoms with Crippen LogP contribution in [0, 0.1) is 5.92 Å². The van der Waals surface area contributed by atoms with E-state index in [1.807, 2.05) is 24.4 Å². The molecule has 2 aromatic rings. The fourth-order valence-electron chi connectivity index (χ4n) is 4.65. The first-order chi connectivity index (χ1) is 15.7. The molecule has 1 aromatic carbocycles. The molecule has 0 radical (unpaired) electrons. The molecule has 2 fully saturated rings. The van der Waals surface area contributed by atoms with Crippen molar-refractivity contribution in [3.63, 3.8) is 0 Å². The largest absolute Gasteiger partial charge is 0.486 e. The number of rotatable bonds is 6. The number of nitrogens with zero attached hydrogens (tertiary/aromatic N) is 2. The Morgan fingerprint density at radius 3 is 2.66 bits per heavy atom. The first kappa shape index (κ1) is 21.3. The topological polar surface area (TPSA) is 74.7 Å². The van der Waals surface area contributed by atoms with Crippen molar-refractivity contribution >= 4 is 5.95 Å². The van der Waals surface area contributed by atoms with E-state index in [4.69, 9.17) is 23.9 Å². The Labute approximate surface area is 189 Å². The van der Waals surface area contributed by atoms with E-state index in [0.29, 0.717) is 37.7 Å². The van der Waals surface area contributed by atoms with Crippen LogP contribution < -0.4 is 19.5 Å². The highest BCUT2D eigenvalue weighted by atomic mass is 16.6. The molecule has 1 N–H and O–H groups in total. The molecule has 0 spiro atoms. The van der Waals surface area contributed by atoms with Gasteiger partial charge in [0, 0.05) is 18.8 Å². The average Bonchev–Trinajstić information content (AvgIpc) is 2.85. The summed E-state index contributed by atoms with van der Waals surface area (Å²) in [4.78, 5) is 9.42. The first-order valence-corrected chi connectivity index (χ1v) is 12.0. The van der Waals surface area contributed by atoms with Crippen LogP contribution >= 0.6 is 0 Å². The van der Waals surface area contributed by atoms with E-state index in [1.165, 1.54) is 19.3 Å². The lowest BCUT2D eigenvalue weighted by Crippen LogP contribution is -2.27. The smallest absolute Gasteiger partial charge is 0.226 e. The summed E-state index contributed by atoms with van der Waals surface area (Å²) >= 11 is 0. The maximum atomic E-state index is 6.23. The van der Waals surface area contributed by atoms with Crippen molar-refractivity contribution in [1.82, 2.24) is 9.97 Å². The Balaban J connectivity index is 1.38. The van der Waals surface area contributed by atoms with Crippen molar-refractivity contribution in [3.05, 3.63) is 24.4 Å². The Kier molecular flexibility index (Phi) is 6.62. The lowest BCUT2D eigenvalue weighted by Gasteiger charge is -2.27. The molecule has 1 aliphatic carbocycles. The van der Waals surface area contributed by atoms with Gasteiger partial charge >= 0.3 is 0 Å². The van der Waals surface area contributed by atoms with Gasteiger partial charge in [0.1, 0.15) is 19.8 Å². The van der Waals surface area contributed by atoms with Gasteiger partial charge in [0.25, 0.3) is 0 Å². The Morgan fingerprint density at radius 2 is 1.84 bits per heavy atom. The predicted octanol–water partition coefficient (Wildman–Crippen LogP) is 4.85. The van der Waals surface area contributed by atoms with Crippen molar-refractivity contribution in [2.45, 2.75) is 64.0 Å². The Hall–Kier alpha value is -2.54. The summed E-state index contributed by atoms with van der Waals surface area (Å²) in [6, 6.07) is 6.34. The van der Waals surface area contributed by atoms with Crippen LogP contribution in [0.2, 0.25) is 0 Å². The maximum Gasteiger partial charge on any atom is 0.226 e. The molecule has 1 unspecified atom stereocenters. The second kappa shape index (κ2) is 9.94. The molecule has 1 saturated carbocycles. The van der Waals surface area contributed by atoms with Gasteiger partial charge in [-0.15, -0.1) is 0 Å². The monoisotopic (exact) mass is 439 g/mol. The highest BCUT2D eigenvalue weighted by molar-refractivity contribution is 5.71. The minimum absolute atomic E-state index is 0.114. The highest BCUT2D eigenvalue weighted by Crippen LogP contribution is 2.37. The van der Waals surface area contributed by atoms with Crippen LogP contribution in [0.5, 0.6) is 17.4 Å². The third-order valence-electron chi connectivity index (χ3n) is 6.64. The Bertz CT molecular complexity index is 908. The number of nitrogens with one attached hydrogen (secondary N) is 1. The summed E-state index contributed by atoms with van der Waals surface area (Å²) in [5.41, 5.74) is 1.80. The van der Waals surface area contributed by atoms with Crippen LogP contribution in [0.25, 0.3) is 11.1 Å². The number of hydrogen-bond donors (Lipinski definition) is 1. The molecule has 1 aromatic heterocycles. The molecule has 7 heteroatoms. The average molecular weight is 440 g/mol. The van der Waals surface area contributed by atoms with E-state index in [0.717, 1.165) is 60.8 Å². The third-order valence-corrected chi connectivity index (χ3v) is 6.64. The number of anilines is 1. The molecule has 3 heterocycles. The highest BCUT2D eigenvalue weighted by Gasteiger charge is 2.22.